The van der Waals surface area contributed by atoms with Gasteiger partial charge in [0.25, 0.3) is 11.5 Å². The van der Waals surface area contributed by atoms with E-state index >= 15 is 4.39 Å². The Hall–Kier alpha value is -5.50. The summed E-state index contributed by atoms with van der Waals surface area (Å²) in [4.78, 5) is 39.2. The molecular weight excluding hydrogens is 665 g/mol. The molecule has 7 rings (SSSR count). The van der Waals surface area contributed by atoms with E-state index < -0.39 is 23.1 Å². The minimum atomic E-state index is -0.818. The number of halogens is 2. The highest BCUT2D eigenvalue weighted by atomic mass is 32.1. The SMILES string of the molecule is CCOc1ccn(-c2cccc(F)c2)c(=O)c1C(=O)Nc1ccc(Oc2ccnc3cc(-c4ccc(CN5CCOCC5)cn4)sc23)c(F)c1. The van der Waals surface area contributed by atoms with Crippen LogP contribution in [0.1, 0.15) is 22.8 Å². The Labute approximate surface area is 289 Å². The monoisotopic (exact) mass is 695 g/mol. The van der Waals surface area contributed by atoms with Crippen molar-refractivity contribution in [3.05, 3.63) is 125 Å². The lowest BCUT2D eigenvalue weighted by atomic mass is 10.2. The normalized spacial score (nSPS) is 13.3. The van der Waals surface area contributed by atoms with Gasteiger partial charge in [-0.3, -0.25) is 29.0 Å². The molecule has 13 heteroatoms. The number of pyridine rings is 3. The Balaban J connectivity index is 1.09. The average Bonchev–Trinajstić information content (AvgIpc) is 3.56. The third-order valence-electron chi connectivity index (χ3n) is 8.04. The molecule has 1 amide bonds. The maximum atomic E-state index is 15.4. The summed E-state index contributed by atoms with van der Waals surface area (Å²) in [6.07, 6.45) is 4.87. The van der Waals surface area contributed by atoms with Crippen molar-refractivity contribution in [1.82, 2.24) is 19.4 Å². The summed E-state index contributed by atoms with van der Waals surface area (Å²) in [6, 6.07) is 18.5. The number of rotatable bonds is 10. The van der Waals surface area contributed by atoms with E-state index in [1.807, 2.05) is 18.3 Å². The first-order valence-electron chi connectivity index (χ1n) is 15.9. The number of ether oxygens (including phenoxy) is 3. The quantitative estimate of drug-likeness (QED) is 0.162. The van der Waals surface area contributed by atoms with Gasteiger partial charge in [0, 0.05) is 56.0 Å². The lowest BCUT2D eigenvalue weighted by Gasteiger charge is -2.26. The van der Waals surface area contributed by atoms with Crippen molar-refractivity contribution in [2.24, 2.45) is 0 Å². The standard InChI is InChI=1S/C37H31F2N5O5S/c1-2-48-31-11-13-44(26-5-3-4-24(38)18-26)37(46)34(31)36(45)42-25-7-9-30(27(39)19-25)49-32-10-12-40-29-20-33(50-35(29)32)28-8-6-23(21-41-28)22-43-14-16-47-17-15-43/h3-13,18-21H,2,14-17,22H2,1H3,(H,42,45). The molecule has 0 spiro atoms. The van der Waals surface area contributed by atoms with E-state index in [9.17, 15) is 14.0 Å². The van der Waals surface area contributed by atoms with Crippen LogP contribution in [0.3, 0.4) is 0 Å². The summed E-state index contributed by atoms with van der Waals surface area (Å²) in [7, 11) is 0. The first kappa shape index (κ1) is 33.0. The van der Waals surface area contributed by atoms with Gasteiger partial charge in [-0.25, -0.2) is 8.78 Å². The summed E-state index contributed by atoms with van der Waals surface area (Å²) in [6.45, 7) is 5.99. The van der Waals surface area contributed by atoms with Crippen LogP contribution in [-0.4, -0.2) is 58.3 Å². The average molecular weight is 696 g/mol. The highest BCUT2D eigenvalue weighted by molar-refractivity contribution is 7.22. The third-order valence-corrected chi connectivity index (χ3v) is 9.20. The fraction of sp³-hybridized carbons (Fsp3) is 0.189. The zero-order valence-electron chi connectivity index (χ0n) is 26.9. The van der Waals surface area contributed by atoms with Crippen LogP contribution in [0.4, 0.5) is 14.5 Å². The number of amides is 1. The number of nitrogens with one attached hydrogen (secondary N) is 1. The van der Waals surface area contributed by atoms with Crippen LogP contribution in [0, 0.1) is 11.6 Å². The van der Waals surface area contributed by atoms with Gasteiger partial charge in [0.2, 0.25) is 0 Å². The van der Waals surface area contributed by atoms with E-state index in [-0.39, 0.29) is 35.0 Å². The summed E-state index contributed by atoms with van der Waals surface area (Å²) < 4.78 is 48.2. The van der Waals surface area contributed by atoms with Gasteiger partial charge >= 0.3 is 0 Å². The van der Waals surface area contributed by atoms with Crippen molar-refractivity contribution < 1.29 is 27.8 Å². The molecule has 0 unspecified atom stereocenters. The Morgan fingerprint density at radius 3 is 2.60 bits per heavy atom. The number of thiophene rings is 1. The predicted molar refractivity (Wildman–Crippen MR) is 187 cm³/mol. The zero-order chi connectivity index (χ0) is 34.6. The fourth-order valence-electron chi connectivity index (χ4n) is 5.61. The number of benzene rings is 2. The van der Waals surface area contributed by atoms with Crippen molar-refractivity contribution in [2.45, 2.75) is 13.5 Å². The van der Waals surface area contributed by atoms with Crippen LogP contribution in [0.5, 0.6) is 17.2 Å². The van der Waals surface area contributed by atoms with E-state index in [4.69, 9.17) is 14.2 Å². The maximum Gasteiger partial charge on any atom is 0.271 e. The second kappa shape index (κ2) is 14.5. The molecule has 1 fully saturated rings. The predicted octanol–water partition coefficient (Wildman–Crippen LogP) is 7.06. The molecule has 1 N–H and O–H groups in total. The number of nitrogens with zero attached hydrogens (tertiary/aromatic N) is 4. The van der Waals surface area contributed by atoms with Crippen LogP contribution in [0.2, 0.25) is 0 Å². The van der Waals surface area contributed by atoms with Gasteiger partial charge < -0.3 is 19.5 Å². The second-order valence-corrected chi connectivity index (χ2v) is 12.5. The number of carbonyl (C=O) groups is 1. The van der Waals surface area contributed by atoms with Crippen molar-refractivity contribution in [2.75, 3.05) is 38.2 Å². The number of fused-ring (bicyclic) bond motifs is 1. The van der Waals surface area contributed by atoms with Gasteiger partial charge in [0.1, 0.15) is 22.9 Å². The Morgan fingerprint density at radius 1 is 0.980 bits per heavy atom. The molecule has 50 heavy (non-hydrogen) atoms. The van der Waals surface area contributed by atoms with Crippen LogP contribution < -0.4 is 20.3 Å². The minimum absolute atomic E-state index is 0.0410. The third kappa shape index (κ3) is 7.10. The van der Waals surface area contributed by atoms with Gasteiger partial charge in [0.05, 0.1) is 46.3 Å². The largest absolute Gasteiger partial charge is 0.493 e. The second-order valence-electron chi connectivity index (χ2n) is 11.4. The molecule has 1 aliphatic rings. The highest BCUT2D eigenvalue weighted by Crippen LogP contribution is 2.39. The molecule has 0 saturated carbocycles. The molecule has 0 radical (unpaired) electrons. The molecule has 4 aromatic heterocycles. The molecule has 2 aromatic carbocycles. The first-order valence-corrected chi connectivity index (χ1v) is 16.7. The van der Waals surface area contributed by atoms with E-state index in [0.717, 1.165) is 64.3 Å². The van der Waals surface area contributed by atoms with Gasteiger partial charge in [-0.2, -0.15) is 0 Å². The van der Waals surface area contributed by atoms with Crippen LogP contribution in [0.25, 0.3) is 26.5 Å². The number of morpholine rings is 1. The van der Waals surface area contributed by atoms with Crippen molar-refractivity contribution in [1.29, 1.82) is 0 Å². The topological polar surface area (TPSA) is 108 Å². The van der Waals surface area contributed by atoms with Crippen LogP contribution >= 0.6 is 11.3 Å². The smallest absolute Gasteiger partial charge is 0.271 e. The van der Waals surface area contributed by atoms with Gasteiger partial charge in [-0.1, -0.05) is 12.1 Å². The van der Waals surface area contributed by atoms with Gasteiger partial charge in [-0.15, -0.1) is 11.3 Å². The Bertz CT molecular complexity index is 2240. The molecule has 6 aromatic rings. The molecule has 0 aliphatic carbocycles. The highest BCUT2D eigenvalue weighted by Gasteiger charge is 2.21. The number of carbonyl (C=O) groups excluding carboxylic acids is 1. The van der Waals surface area contributed by atoms with E-state index in [0.29, 0.717) is 11.3 Å². The maximum absolute atomic E-state index is 15.4. The first-order chi connectivity index (χ1) is 24.4. The summed E-state index contributed by atoms with van der Waals surface area (Å²) >= 11 is 1.44. The molecule has 0 atom stereocenters. The summed E-state index contributed by atoms with van der Waals surface area (Å²) in [5.41, 5.74) is 1.88. The molecule has 1 aliphatic heterocycles. The number of anilines is 1. The lowest BCUT2D eigenvalue weighted by molar-refractivity contribution is 0.0341. The van der Waals surface area contributed by atoms with Crippen LogP contribution in [0.15, 0.2) is 96.2 Å². The molecule has 254 valence electrons. The van der Waals surface area contributed by atoms with Gasteiger partial charge in [0.15, 0.2) is 11.6 Å². The van der Waals surface area contributed by atoms with Crippen molar-refractivity contribution in [3.8, 4) is 33.5 Å². The summed E-state index contributed by atoms with van der Waals surface area (Å²) in [5, 5.41) is 2.57. The zero-order valence-corrected chi connectivity index (χ0v) is 27.7. The molecule has 1 saturated heterocycles. The van der Waals surface area contributed by atoms with E-state index in [2.05, 4.69) is 26.3 Å². The van der Waals surface area contributed by atoms with Gasteiger partial charge in [-0.05, 0) is 61.0 Å². The van der Waals surface area contributed by atoms with E-state index in [1.165, 1.54) is 60.0 Å². The molecule has 5 heterocycles. The van der Waals surface area contributed by atoms with Crippen molar-refractivity contribution in [3.63, 3.8) is 0 Å². The van der Waals surface area contributed by atoms with Crippen molar-refractivity contribution >= 4 is 33.1 Å². The van der Waals surface area contributed by atoms with E-state index in [1.54, 1.807) is 19.2 Å². The molecular formula is C37H31F2N5O5S. The number of hydrogen-bond donors (Lipinski definition) is 1. The Kier molecular flexibility index (Phi) is 9.60. The fourth-order valence-corrected chi connectivity index (χ4v) is 6.65. The minimum Gasteiger partial charge on any atom is -0.493 e. The van der Waals surface area contributed by atoms with Crippen LogP contribution in [-0.2, 0) is 11.3 Å². The number of aromatic nitrogens is 3. The lowest BCUT2D eigenvalue weighted by Crippen LogP contribution is -2.35. The Morgan fingerprint density at radius 2 is 1.84 bits per heavy atom. The number of hydrogen-bond acceptors (Lipinski definition) is 9. The molecule has 0 bridgehead atoms. The molecule has 10 nitrogen and oxygen atoms in total. The summed E-state index contributed by atoms with van der Waals surface area (Å²) in [5.74, 6) is -1.71.